The first-order valence-electron chi connectivity index (χ1n) is 10.7. The number of carbonyl (C=O) groups is 1. The highest BCUT2D eigenvalue weighted by Crippen LogP contribution is 2.38. The topological polar surface area (TPSA) is 63.0 Å². The summed E-state index contributed by atoms with van der Waals surface area (Å²) in [4.78, 5) is 31.0. The van der Waals surface area contributed by atoms with Gasteiger partial charge in [0.1, 0.15) is 11.3 Å². The predicted octanol–water partition coefficient (Wildman–Crippen LogP) is 4.00. The smallest absolute Gasteiger partial charge is 0.290 e. The minimum atomic E-state index is -0.481. The Morgan fingerprint density at radius 1 is 1.06 bits per heavy atom. The standard InChI is InChI=1S/C25H28N2O4/c1-5-26(6-2)13-14-27-22(17-8-10-18(30-4)11-9-17)21-23(28)19-15-16(3)7-12-20(19)31-24(21)25(27)29/h7-12,15,22H,5-6,13-14H2,1-4H3/t22-/m0/s1. The fourth-order valence-corrected chi connectivity index (χ4v) is 4.29. The van der Waals surface area contributed by atoms with Crippen LogP contribution in [0.3, 0.4) is 0 Å². The molecule has 0 bridgehead atoms. The van der Waals surface area contributed by atoms with E-state index in [-0.39, 0.29) is 17.1 Å². The first-order chi connectivity index (χ1) is 15.0. The van der Waals surface area contributed by atoms with Crippen molar-refractivity contribution in [2.45, 2.75) is 26.8 Å². The fourth-order valence-electron chi connectivity index (χ4n) is 4.29. The van der Waals surface area contributed by atoms with Crippen molar-refractivity contribution in [3.8, 4) is 5.75 Å². The maximum Gasteiger partial charge on any atom is 0.290 e. The number of hydrogen-bond donors (Lipinski definition) is 0. The molecule has 2 heterocycles. The van der Waals surface area contributed by atoms with Gasteiger partial charge in [0.25, 0.3) is 5.91 Å². The van der Waals surface area contributed by atoms with Gasteiger partial charge in [-0.25, -0.2) is 0 Å². The molecule has 0 fully saturated rings. The molecule has 1 aliphatic heterocycles. The summed E-state index contributed by atoms with van der Waals surface area (Å²) >= 11 is 0. The SMILES string of the molecule is CCN(CC)CCN1C(=O)c2oc3ccc(C)cc3c(=O)c2[C@@H]1c1ccc(OC)cc1. The Morgan fingerprint density at radius 3 is 2.42 bits per heavy atom. The number of methoxy groups -OCH3 is 1. The Labute approximate surface area is 182 Å². The fraction of sp³-hybridized carbons (Fsp3) is 0.360. The molecule has 162 valence electrons. The highest BCUT2D eigenvalue weighted by Gasteiger charge is 2.42. The van der Waals surface area contributed by atoms with Crippen LogP contribution in [0.2, 0.25) is 0 Å². The van der Waals surface area contributed by atoms with E-state index >= 15 is 0 Å². The second-order valence-electron chi connectivity index (χ2n) is 7.87. The Kier molecular flexibility index (Phi) is 5.83. The number of likely N-dealkylation sites (N-methyl/N-ethyl adjacent to an activating group) is 1. The number of benzene rings is 2. The summed E-state index contributed by atoms with van der Waals surface area (Å²) < 4.78 is 11.3. The lowest BCUT2D eigenvalue weighted by atomic mass is 9.98. The van der Waals surface area contributed by atoms with Gasteiger partial charge < -0.3 is 19.0 Å². The molecular weight excluding hydrogens is 392 g/mol. The number of rotatable bonds is 7. The van der Waals surface area contributed by atoms with E-state index in [0.717, 1.165) is 36.5 Å². The number of hydrogen-bond acceptors (Lipinski definition) is 5. The van der Waals surface area contributed by atoms with Crippen molar-refractivity contribution in [2.24, 2.45) is 0 Å². The van der Waals surface area contributed by atoms with Crippen molar-refractivity contribution in [1.82, 2.24) is 9.80 Å². The van der Waals surface area contributed by atoms with Crippen LogP contribution in [0.5, 0.6) is 5.75 Å². The number of aryl methyl sites for hydroxylation is 1. The van der Waals surface area contributed by atoms with E-state index in [1.807, 2.05) is 43.3 Å². The molecule has 0 unspecified atom stereocenters. The largest absolute Gasteiger partial charge is 0.497 e. The van der Waals surface area contributed by atoms with Crippen molar-refractivity contribution in [3.05, 3.63) is 75.1 Å². The number of nitrogens with zero attached hydrogens (tertiary/aromatic N) is 2. The molecule has 6 nitrogen and oxygen atoms in total. The molecule has 0 radical (unpaired) electrons. The Bertz CT molecular complexity index is 1160. The molecular formula is C25H28N2O4. The van der Waals surface area contributed by atoms with E-state index in [2.05, 4.69) is 18.7 Å². The molecule has 2 aromatic carbocycles. The summed E-state index contributed by atoms with van der Waals surface area (Å²) in [6, 6.07) is 12.5. The van der Waals surface area contributed by atoms with Crippen molar-refractivity contribution in [1.29, 1.82) is 0 Å². The highest BCUT2D eigenvalue weighted by atomic mass is 16.5. The second-order valence-corrected chi connectivity index (χ2v) is 7.87. The van der Waals surface area contributed by atoms with E-state index in [1.54, 1.807) is 18.1 Å². The van der Waals surface area contributed by atoms with Gasteiger partial charge in [-0.1, -0.05) is 37.6 Å². The summed E-state index contributed by atoms with van der Waals surface area (Å²) in [7, 11) is 1.61. The summed E-state index contributed by atoms with van der Waals surface area (Å²) in [6.07, 6.45) is 0. The van der Waals surface area contributed by atoms with Gasteiger partial charge >= 0.3 is 0 Å². The molecule has 1 aliphatic rings. The molecule has 0 saturated carbocycles. The van der Waals surface area contributed by atoms with E-state index < -0.39 is 6.04 Å². The summed E-state index contributed by atoms with van der Waals surface area (Å²) in [5, 5.41) is 0.510. The lowest BCUT2D eigenvalue weighted by Crippen LogP contribution is -2.37. The third-order valence-electron chi connectivity index (χ3n) is 6.10. The van der Waals surface area contributed by atoms with Crippen LogP contribution in [0.1, 0.15) is 47.1 Å². The van der Waals surface area contributed by atoms with E-state index in [9.17, 15) is 9.59 Å². The van der Waals surface area contributed by atoms with E-state index in [0.29, 0.717) is 23.1 Å². The quantitative estimate of drug-likeness (QED) is 0.578. The van der Waals surface area contributed by atoms with Gasteiger partial charge in [-0.15, -0.1) is 0 Å². The van der Waals surface area contributed by atoms with Gasteiger partial charge in [-0.05, 0) is 49.8 Å². The predicted molar refractivity (Wildman–Crippen MR) is 121 cm³/mol. The monoisotopic (exact) mass is 420 g/mol. The van der Waals surface area contributed by atoms with Gasteiger partial charge in [-0.2, -0.15) is 0 Å². The third kappa shape index (κ3) is 3.72. The highest BCUT2D eigenvalue weighted by molar-refractivity contribution is 5.99. The van der Waals surface area contributed by atoms with Crippen LogP contribution in [-0.2, 0) is 0 Å². The molecule has 1 atom stereocenters. The summed E-state index contributed by atoms with van der Waals surface area (Å²) in [5.41, 5.74) is 2.57. The average Bonchev–Trinajstić information content (AvgIpc) is 3.07. The van der Waals surface area contributed by atoms with Gasteiger partial charge in [0, 0.05) is 13.1 Å². The van der Waals surface area contributed by atoms with Crippen LogP contribution < -0.4 is 10.2 Å². The number of amides is 1. The minimum absolute atomic E-state index is 0.139. The molecule has 4 rings (SSSR count). The summed E-state index contributed by atoms with van der Waals surface area (Å²) in [5.74, 6) is 0.647. The number of ether oxygens (including phenoxy) is 1. The Balaban J connectivity index is 1.86. The zero-order chi connectivity index (χ0) is 22.1. The summed E-state index contributed by atoms with van der Waals surface area (Å²) in [6.45, 7) is 9.19. The maximum absolute atomic E-state index is 13.5. The van der Waals surface area contributed by atoms with Crippen LogP contribution in [-0.4, -0.2) is 49.0 Å². The number of carbonyl (C=O) groups excluding carboxylic acids is 1. The Hall–Kier alpha value is -3.12. The van der Waals surface area contributed by atoms with Crippen molar-refractivity contribution < 1.29 is 13.9 Å². The van der Waals surface area contributed by atoms with E-state index in [4.69, 9.17) is 9.15 Å². The van der Waals surface area contributed by atoms with Gasteiger partial charge in [0.2, 0.25) is 5.76 Å². The number of fused-ring (bicyclic) bond motifs is 2. The molecule has 1 amide bonds. The first kappa shape index (κ1) is 21.1. The minimum Gasteiger partial charge on any atom is -0.497 e. The van der Waals surface area contributed by atoms with Gasteiger partial charge in [-0.3, -0.25) is 9.59 Å². The van der Waals surface area contributed by atoms with Crippen LogP contribution >= 0.6 is 0 Å². The van der Waals surface area contributed by atoms with Crippen LogP contribution in [0, 0.1) is 6.92 Å². The lowest BCUT2D eigenvalue weighted by Gasteiger charge is -2.28. The first-order valence-corrected chi connectivity index (χ1v) is 10.7. The zero-order valence-corrected chi connectivity index (χ0v) is 18.5. The van der Waals surface area contributed by atoms with E-state index in [1.165, 1.54) is 0 Å². The zero-order valence-electron chi connectivity index (χ0n) is 18.5. The second kappa shape index (κ2) is 8.55. The molecule has 0 N–H and O–H groups in total. The third-order valence-corrected chi connectivity index (χ3v) is 6.10. The molecule has 0 aliphatic carbocycles. The van der Waals surface area contributed by atoms with Crippen LogP contribution in [0.25, 0.3) is 11.0 Å². The van der Waals surface area contributed by atoms with Crippen LogP contribution in [0.4, 0.5) is 0 Å². The molecule has 0 saturated heterocycles. The lowest BCUT2D eigenvalue weighted by molar-refractivity contribution is 0.0708. The van der Waals surface area contributed by atoms with Crippen molar-refractivity contribution >= 4 is 16.9 Å². The maximum atomic E-state index is 13.5. The van der Waals surface area contributed by atoms with Gasteiger partial charge in [0.15, 0.2) is 5.43 Å². The average molecular weight is 421 g/mol. The Morgan fingerprint density at radius 2 is 1.77 bits per heavy atom. The molecule has 1 aromatic heterocycles. The molecule has 3 aromatic rings. The molecule has 31 heavy (non-hydrogen) atoms. The van der Waals surface area contributed by atoms with Crippen LogP contribution in [0.15, 0.2) is 51.7 Å². The van der Waals surface area contributed by atoms with Crippen molar-refractivity contribution in [3.63, 3.8) is 0 Å². The molecule has 0 spiro atoms. The van der Waals surface area contributed by atoms with Gasteiger partial charge in [0.05, 0.1) is 24.1 Å². The van der Waals surface area contributed by atoms with Crippen molar-refractivity contribution in [2.75, 3.05) is 33.3 Å². The molecule has 6 heteroatoms. The normalized spacial score (nSPS) is 15.7.